The standard InChI is InChI=1S/C20H16N4O2S3/c1-12-3-2-4-13(9-12)18(26)22-14-5-6-15-16(10-14)29-20(23-15)28-11-17(25)24-19-21-7-8-27-19/h2-10H,11H2,1H3,(H,22,26)(H,21,24,25). The summed E-state index contributed by atoms with van der Waals surface area (Å²) in [5, 5.41) is 8.08. The molecule has 0 radical (unpaired) electrons. The summed E-state index contributed by atoms with van der Waals surface area (Å²) in [5.41, 5.74) is 3.21. The first-order valence-corrected chi connectivity index (χ1v) is 11.4. The molecule has 0 spiro atoms. The van der Waals surface area contributed by atoms with Crippen LogP contribution in [0.25, 0.3) is 10.2 Å². The Morgan fingerprint density at radius 3 is 2.83 bits per heavy atom. The fourth-order valence-electron chi connectivity index (χ4n) is 2.60. The molecule has 0 aliphatic carbocycles. The van der Waals surface area contributed by atoms with Gasteiger partial charge in [0.25, 0.3) is 5.91 Å². The SMILES string of the molecule is Cc1cccc(C(=O)Nc2ccc3nc(SCC(=O)Nc4nccs4)sc3c2)c1. The van der Waals surface area contributed by atoms with Crippen LogP contribution in [0.5, 0.6) is 0 Å². The number of thioether (sulfide) groups is 1. The van der Waals surface area contributed by atoms with Gasteiger partial charge in [0.2, 0.25) is 5.91 Å². The lowest BCUT2D eigenvalue weighted by molar-refractivity contribution is -0.113. The van der Waals surface area contributed by atoms with E-state index in [-0.39, 0.29) is 17.6 Å². The van der Waals surface area contributed by atoms with Crippen molar-refractivity contribution in [3.63, 3.8) is 0 Å². The van der Waals surface area contributed by atoms with Crippen molar-refractivity contribution in [1.82, 2.24) is 9.97 Å². The van der Waals surface area contributed by atoms with Gasteiger partial charge in [-0.1, -0.05) is 29.5 Å². The van der Waals surface area contributed by atoms with Crippen molar-refractivity contribution in [1.29, 1.82) is 0 Å². The van der Waals surface area contributed by atoms with Gasteiger partial charge in [0.05, 0.1) is 16.0 Å². The summed E-state index contributed by atoms with van der Waals surface area (Å²) in [4.78, 5) is 33.0. The molecule has 2 amide bonds. The minimum atomic E-state index is -0.147. The molecule has 0 bridgehead atoms. The van der Waals surface area contributed by atoms with E-state index in [0.717, 1.165) is 20.1 Å². The maximum absolute atomic E-state index is 12.4. The molecule has 2 N–H and O–H groups in total. The van der Waals surface area contributed by atoms with Crippen LogP contribution in [0.3, 0.4) is 0 Å². The van der Waals surface area contributed by atoms with Crippen molar-refractivity contribution >= 4 is 67.3 Å². The van der Waals surface area contributed by atoms with E-state index in [9.17, 15) is 9.59 Å². The van der Waals surface area contributed by atoms with Gasteiger partial charge in [0.1, 0.15) is 0 Å². The van der Waals surface area contributed by atoms with Crippen molar-refractivity contribution in [2.24, 2.45) is 0 Å². The van der Waals surface area contributed by atoms with Crippen molar-refractivity contribution in [2.45, 2.75) is 11.3 Å². The Bertz CT molecular complexity index is 1170. The van der Waals surface area contributed by atoms with E-state index in [1.165, 1.54) is 34.4 Å². The topological polar surface area (TPSA) is 84.0 Å². The molecule has 6 nitrogen and oxygen atoms in total. The van der Waals surface area contributed by atoms with Crippen LogP contribution in [0.4, 0.5) is 10.8 Å². The van der Waals surface area contributed by atoms with Crippen LogP contribution < -0.4 is 10.6 Å². The number of hydrogen-bond donors (Lipinski definition) is 2. The number of amides is 2. The van der Waals surface area contributed by atoms with Gasteiger partial charge >= 0.3 is 0 Å². The maximum atomic E-state index is 12.4. The molecular weight excluding hydrogens is 424 g/mol. The lowest BCUT2D eigenvalue weighted by atomic mass is 10.1. The first-order chi connectivity index (χ1) is 14.1. The van der Waals surface area contributed by atoms with Crippen LogP contribution in [0, 0.1) is 6.92 Å². The fourth-order valence-corrected chi connectivity index (χ4v) is 5.05. The van der Waals surface area contributed by atoms with Gasteiger partial charge in [-0.2, -0.15) is 0 Å². The summed E-state index contributed by atoms with van der Waals surface area (Å²) in [6.45, 7) is 1.95. The average Bonchev–Trinajstić information content (AvgIpc) is 3.35. The summed E-state index contributed by atoms with van der Waals surface area (Å²) in [7, 11) is 0. The normalized spacial score (nSPS) is 10.8. The van der Waals surface area contributed by atoms with Gasteiger partial charge in [0, 0.05) is 22.8 Å². The second-order valence-corrected chi connectivity index (χ2v) is 9.31. The highest BCUT2D eigenvalue weighted by molar-refractivity contribution is 8.01. The molecule has 4 aromatic rings. The number of aryl methyl sites for hydroxylation is 1. The number of fused-ring (bicyclic) bond motifs is 1. The van der Waals surface area contributed by atoms with Gasteiger partial charge < -0.3 is 10.6 Å². The molecule has 0 atom stereocenters. The Balaban J connectivity index is 1.40. The monoisotopic (exact) mass is 440 g/mol. The van der Waals surface area contributed by atoms with E-state index < -0.39 is 0 Å². The molecule has 0 unspecified atom stereocenters. The van der Waals surface area contributed by atoms with Crippen LogP contribution in [-0.4, -0.2) is 27.5 Å². The molecule has 4 rings (SSSR count). The third kappa shape index (κ3) is 5.00. The molecule has 0 saturated heterocycles. The molecule has 9 heteroatoms. The Kier molecular flexibility index (Phi) is 5.89. The Morgan fingerprint density at radius 1 is 1.14 bits per heavy atom. The number of rotatable bonds is 6. The van der Waals surface area contributed by atoms with Gasteiger partial charge in [-0.15, -0.1) is 22.7 Å². The van der Waals surface area contributed by atoms with E-state index in [1.807, 2.05) is 48.7 Å². The van der Waals surface area contributed by atoms with Crippen LogP contribution in [-0.2, 0) is 4.79 Å². The minimum Gasteiger partial charge on any atom is -0.322 e. The van der Waals surface area contributed by atoms with E-state index in [2.05, 4.69) is 20.6 Å². The number of hydrogen-bond acceptors (Lipinski definition) is 7. The Hall–Kier alpha value is -2.75. The van der Waals surface area contributed by atoms with E-state index in [4.69, 9.17) is 0 Å². The maximum Gasteiger partial charge on any atom is 0.255 e. The van der Waals surface area contributed by atoms with E-state index >= 15 is 0 Å². The number of nitrogens with zero attached hydrogens (tertiary/aromatic N) is 2. The van der Waals surface area contributed by atoms with Crippen LogP contribution >= 0.6 is 34.4 Å². The Morgan fingerprint density at radius 2 is 2.03 bits per heavy atom. The fraction of sp³-hybridized carbons (Fsp3) is 0.100. The van der Waals surface area contributed by atoms with Gasteiger partial charge in [0.15, 0.2) is 9.47 Å². The number of benzene rings is 2. The van der Waals surface area contributed by atoms with Crippen LogP contribution in [0.15, 0.2) is 58.4 Å². The largest absolute Gasteiger partial charge is 0.322 e. The highest BCUT2D eigenvalue weighted by Crippen LogP contribution is 2.31. The molecular formula is C20H16N4O2S3. The zero-order valence-electron chi connectivity index (χ0n) is 15.3. The summed E-state index contributed by atoms with van der Waals surface area (Å²) in [6.07, 6.45) is 1.65. The predicted molar refractivity (Wildman–Crippen MR) is 120 cm³/mol. The van der Waals surface area contributed by atoms with Crippen molar-refractivity contribution in [2.75, 3.05) is 16.4 Å². The second-order valence-electron chi connectivity index (χ2n) is 6.16. The first-order valence-electron chi connectivity index (χ1n) is 8.67. The molecule has 29 heavy (non-hydrogen) atoms. The van der Waals surface area contributed by atoms with Crippen molar-refractivity contribution in [3.8, 4) is 0 Å². The zero-order chi connectivity index (χ0) is 20.2. The van der Waals surface area contributed by atoms with Gasteiger partial charge in [-0.3, -0.25) is 9.59 Å². The summed E-state index contributed by atoms with van der Waals surface area (Å²) < 4.78 is 1.76. The number of carbonyl (C=O) groups is 2. The number of anilines is 2. The molecule has 0 aliphatic heterocycles. The smallest absolute Gasteiger partial charge is 0.255 e. The van der Waals surface area contributed by atoms with Crippen molar-refractivity contribution < 1.29 is 9.59 Å². The molecule has 0 fully saturated rings. The Labute approximate surface area is 179 Å². The molecule has 0 aliphatic rings. The number of thiazole rings is 2. The number of aromatic nitrogens is 2. The zero-order valence-corrected chi connectivity index (χ0v) is 17.8. The summed E-state index contributed by atoms with van der Waals surface area (Å²) in [5.74, 6) is -0.00238. The summed E-state index contributed by atoms with van der Waals surface area (Å²) >= 11 is 4.26. The minimum absolute atomic E-state index is 0.115. The van der Waals surface area contributed by atoms with E-state index in [0.29, 0.717) is 16.4 Å². The summed E-state index contributed by atoms with van der Waals surface area (Å²) in [6, 6.07) is 13.1. The lowest BCUT2D eigenvalue weighted by Gasteiger charge is -2.05. The lowest BCUT2D eigenvalue weighted by Crippen LogP contribution is -2.13. The van der Waals surface area contributed by atoms with E-state index in [1.54, 1.807) is 12.3 Å². The number of nitrogens with one attached hydrogen (secondary N) is 2. The molecule has 2 aromatic carbocycles. The average molecular weight is 441 g/mol. The third-order valence-corrected chi connectivity index (χ3v) is 6.76. The second kappa shape index (κ2) is 8.73. The molecule has 2 aromatic heterocycles. The molecule has 0 saturated carbocycles. The van der Waals surface area contributed by atoms with Gasteiger partial charge in [-0.25, -0.2) is 9.97 Å². The number of carbonyl (C=O) groups excluding carboxylic acids is 2. The highest BCUT2D eigenvalue weighted by atomic mass is 32.2. The predicted octanol–water partition coefficient (Wildman–Crippen LogP) is 5.04. The van der Waals surface area contributed by atoms with Gasteiger partial charge in [-0.05, 0) is 37.3 Å². The third-order valence-electron chi connectivity index (χ3n) is 3.91. The van der Waals surface area contributed by atoms with Crippen LogP contribution in [0.1, 0.15) is 15.9 Å². The quantitative estimate of drug-likeness (QED) is 0.410. The first kappa shape index (κ1) is 19.6. The van der Waals surface area contributed by atoms with Crippen molar-refractivity contribution in [3.05, 3.63) is 65.2 Å². The molecule has 146 valence electrons. The van der Waals surface area contributed by atoms with Crippen LogP contribution in [0.2, 0.25) is 0 Å². The molecule has 2 heterocycles. The highest BCUT2D eigenvalue weighted by Gasteiger charge is 2.11.